The van der Waals surface area contributed by atoms with Gasteiger partial charge in [-0.3, -0.25) is 9.80 Å². The maximum Gasteiger partial charge on any atom is 0.0366 e. The van der Waals surface area contributed by atoms with Crippen LogP contribution in [0.4, 0.5) is 5.69 Å². The fourth-order valence-electron chi connectivity index (χ4n) is 3.95. The molecule has 0 aromatic heterocycles. The van der Waals surface area contributed by atoms with E-state index in [1.165, 1.54) is 57.5 Å². The second-order valence-electron chi connectivity index (χ2n) is 7.03. The normalized spacial score (nSPS) is 30.9. The standard InChI is InChI=1S/C18H27N3/c1-19(15-5-3-2-4-6-15)17-13-18(14-17)21-11-9-20(10-12-21)16-7-8-16/h2-6,16-18H,7-14H2,1H3. The van der Waals surface area contributed by atoms with Gasteiger partial charge in [0.1, 0.15) is 0 Å². The molecule has 3 aliphatic rings. The van der Waals surface area contributed by atoms with Gasteiger partial charge in [-0.2, -0.15) is 0 Å². The predicted molar refractivity (Wildman–Crippen MR) is 87.8 cm³/mol. The largest absolute Gasteiger partial charge is 0.371 e. The van der Waals surface area contributed by atoms with Crippen LogP contribution >= 0.6 is 0 Å². The number of hydrogen-bond acceptors (Lipinski definition) is 3. The number of rotatable bonds is 4. The van der Waals surface area contributed by atoms with Gasteiger partial charge in [-0.05, 0) is 37.8 Å². The first-order valence-corrected chi connectivity index (χ1v) is 8.57. The van der Waals surface area contributed by atoms with E-state index in [1.807, 2.05) is 0 Å². The van der Waals surface area contributed by atoms with Crippen LogP contribution in [0, 0.1) is 0 Å². The number of nitrogens with zero attached hydrogens (tertiary/aromatic N) is 3. The van der Waals surface area contributed by atoms with Gasteiger partial charge in [0, 0.05) is 57.0 Å². The third kappa shape index (κ3) is 2.82. The van der Waals surface area contributed by atoms with Crippen LogP contribution in [0.25, 0.3) is 0 Å². The average Bonchev–Trinajstić information content (AvgIpc) is 3.32. The second-order valence-corrected chi connectivity index (χ2v) is 7.03. The average molecular weight is 285 g/mol. The second kappa shape index (κ2) is 5.62. The highest BCUT2D eigenvalue weighted by molar-refractivity contribution is 5.46. The molecule has 0 N–H and O–H groups in total. The van der Waals surface area contributed by atoms with Crippen LogP contribution in [0.15, 0.2) is 30.3 Å². The van der Waals surface area contributed by atoms with Crippen LogP contribution in [0.3, 0.4) is 0 Å². The molecule has 3 nitrogen and oxygen atoms in total. The fourth-order valence-corrected chi connectivity index (χ4v) is 3.95. The van der Waals surface area contributed by atoms with Crippen molar-refractivity contribution in [3.05, 3.63) is 30.3 Å². The third-order valence-electron chi connectivity index (χ3n) is 5.73. The van der Waals surface area contributed by atoms with Crippen LogP contribution < -0.4 is 4.90 Å². The Morgan fingerprint density at radius 1 is 0.857 bits per heavy atom. The molecule has 0 bridgehead atoms. The van der Waals surface area contributed by atoms with Crippen molar-refractivity contribution in [3.8, 4) is 0 Å². The van der Waals surface area contributed by atoms with Crippen LogP contribution in [0.2, 0.25) is 0 Å². The summed E-state index contributed by atoms with van der Waals surface area (Å²) < 4.78 is 0. The molecule has 1 saturated heterocycles. The van der Waals surface area contributed by atoms with Crippen LogP contribution in [0.1, 0.15) is 25.7 Å². The molecule has 0 amide bonds. The predicted octanol–water partition coefficient (Wildman–Crippen LogP) is 2.43. The lowest BCUT2D eigenvalue weighted by atomic mass is 9.84. The van der Waals surface area contributed by atoms with E-state index in [9.17, 15) is 0 Å². The minimum Gasteiger partial charge on any atom is -0.371 e. The van der Waals surface area contributed by atoms with Gasteiger partial charge in [0.25, 0.3) is 0 Å². The molecule has 0 spiro atoms. The summed E-state index contributed by atoms with van der Waals surface area (Å²) >= 11 is 0. The van der Waals surface area contributed by atoms with E-state index in [-0.39, 0.29) is 0 Å². The summed E-state index contributed by atoms with van der Waals surface area (Å²) in [6.45, 7) is 5.20. The number of benzene rings is 1. The summed E-state index contributed by atoms with van der Waals surface area (Å²) in [4.78, 5) is 7.92. The molecule has 2 saturated carbocycles. The van der Waals surface area contributed by atoms with Crippen molar-refractivity contribution in [1.29, 1.82) is 0 Å². The molecular formula is C18H27N3. The van der Waals surface area contributed by atoms with E-state index < -0.39 is 0 Å². The van der Waals surface area contributed by atoms with Gasteiger partial charge in [0.2, 0.25) is 0 Å². The van der Waals surface area contributed by atoms with E-state index in [0.29, 0.717) is 0 Å². The first-order valence-electron chi connectivity index (χ1n) is 8.57. The third-order valence-corrected chi connectivity index (χ3v) is 5.73. The van der Waals surface area contributed by atoms with E-state index >= 15 is 0 Å². The molecule has 0 radical (unpaired) electrons. The number of piperazine rings is 1. The van der Waals surface area contributed by atoms with Gasteiger partial charge >= 0.3 is 0 Å². The van der Waals surface area contributed by atoms with Crippen molar-refractivity contribution in [3.63, 3.8) is 0 Å². The Balaban J connectivity index is 1.25. The lowest BCUT2D eigenvalue weighted by Gasteiger charge is -2.49. The van der Waals surface area contributed by atoms with Crippen molar-refractivity contribution < 1.29 is 0 Å². The fraction of sp³-hybridized carbons (Fsp3) is 0.667. The Kier molecular flexibility index (Phi) is 3.64. The van der Waals surface area contributed by atoms with Gasteiger partial charge in [0.05, 0.1) is 0 Å². The topological polar surface area (TPSA) is 9.72 Å². The number of anilines is 1. The van der Waals surface area contributed by atoms with Crippen LogP contribution in [-0.2, 0) is 0 Å². The first-order chi connectivity index (χ1) is 10.3. The SMILES string of the molecule is CN(c1ccccc1)C1CC(N2CCN(C3CC3)CC2)C1. The molecule has 3 heteroatoms. The summed E-state index contributed by atoms with van der Waals surface area (Å²) in [5, 5.41) is 0. The van der Waals surface area contributed by atoms with Crippen LogP contribution in [0.5, 0.6) is 0 Å². The molecule has 4 rings (SSSR count). The molecule has 0 atom stereocenters. The highest BCUT2D eigenvalue weighted by atomic mass is 15.3. The summed E-state index contributed by atoms with van der Waals surface area (Å²) in [5.74, 6) is 0. The molecule has 0 unspecified atom stereocenters. The summed E-state index contributed by atoms with van der Waals surface area (Å²) in [6, 6.07) is 13.3. The zero-order chi connectivity index (χ0) is 14.2. The summed E-state index contributed by atoms with van der Waals surface area (Å²) in [6.07, 6.45) is 5.59. The molecular weight excluding hydrogens is 258 g/mol. The number of hydrogen-bond donors (Lipinski definition) is 0. The van der Waals surface area contributed by atoms with Crippen molar-refractivity contribution in [2.45, 2.75) is 43.8 Å². The highest BCUT2D eigenvalue weighted by Gasteiger charge is 2.38. The van der Waals surface area contributed by atoms with Gasteiger partial charge in [-0.1, -0.05) is 18.2 Å². The molecule has 1 aromatic rings. The maximum absolute atomic E-state index is 2.74. The van der Waals surface area contributed by atoms with Crippen LogP contribution in [-0.4, -0.2) is 61.2 Å². The zero-order valence-corrected chi connectivity index (χ0v) is 13.1. The molecule has 2 aliphatic carbocycles. The van der Waals surface area contributed by atoms with E-state index in [4.69, 9.17) is 0 Å². The molecule has 21 heavy (non-hydrogen) atoms. The lowest BCUT2D eigenvalue weighted by Crippen LogP contribution is -2.58. The highest BCUT2D eigenvalue weighted by Crippen LogP contribution is 2.34. The van der Waals surface area contributed by atoms with E-state index in [2.05, 4.69) is 52.1 Å². The zero-order valence-electron chi connectivity index (χ0n) is 13.1. The first kappa shape index (κ1) is 13.6. The van der Waals surface area contributed by atoms with Gasteiger partial charge in [0.15, 0.2) is 0 Å². The summed E-state index contributed by atoms with van der Waals surface area (Å²) in [5.41, 5.74) is 1.36. The lowest BCUT2D eigenvalue weighted by molar-refractivity contribution is 0.0490. The van der Waals surface area contributed by atoms with Crippen molar-refractivity contribution in [2.24, 2.45) is 0 Å². The van der Waals surface area contributed by atoms with Gasteiger partial charge < -0.3 is 4.90 Å². The smallest absolute Gasteiger partial charge is 0.0366 e. The minimum atomic E-state index is 0.735. The van der Waals surface area contributed by atoms with Gasteiger partial charge in [-0.25, -0.2) is 0 Å². The van der Waals surface area contributed by atoms with Gasteiger partial charge in [-0.15, -0.1) is 0 Å². The van der Waals surface area contributed by atoms with Crippen molar-refractivity contribution in [2.75, 3.05) is 38.1 Å². The Bertz CT molecular complexity index is 457. The molecule has 1 aliphatic heterocycles. The van der Waals surface area contributed by atoms with E-state index in [1.54, 1.807) is 0 Å². The number of para-hydroxylation sites is 1. The maximum atomic E-state index is 2.74. The Hall–Kier alpha value is -1.06. The summed E-state index contributed by atoms with van der Waals surface area (Å²) in [7, 11) is 2.25. The Morgan fingerprint density at radius 3 is 2.00 bits per heavy atom. The molecule has 1 aromatic carbocycles. The van der Waals surface area contributed by atoms with Crippen molar-refractivity contribution >= 4 is 5.69 Å². The molecule has 114 valence electrons. The van der Waals surface area contributed by atoms with E-state index in [0.717, 1.165) is 18.1 Å². The quantitative estimate of drug-likeness (QED) is 0.841. The minimum absolute atomic E-state index is 0.735. The van der Waals surface area contributed by atoms with Crippen molar-refractivity contribution in [1.82, 2.24) is 9.80 Å². The Morgan fingerprint density at radius 2 is 1.43 bits per heavy atom. The Labute approximate surface area is 128 Å². The molecule has 3 fully saturated rings. The monoisotopic (exact) mass is 285 g/mol. The molecule has 1 heterocycles.